The normalized spacial score (nSPS) is 21.9. The van der Waals surface area contributed by atoms with Crippen LogP contribution in [-0.2, 0) is 4.74 Å². The van der Waals surface area contributed by atoms with Crippen molar-refractivity contribution < 1.29 is 19.2 Å². The van der Waals surface area contributed by atoms with Gasteiger partial charge in [-0.3, -0.25) is 24.7 Å². The molecule has 198 valence electrons. The number of benzene rings is 1. The molecule has 1 aromatic heterocycles. The van der Waals surface area contributed by atoms with Crippen molar-refractivity contribution in [3.63, 3.8) is 0 Å². The van der Waals surface area contributed by atoms with E-state index in [1.54, 1.807) is 35.2 Å². The number of morpholine rings is 1. The van der Waals surface area contributed by atoms with Crippen LogP contribution in [0.25, 0.3) is 0 Å². The molecule has 2 saturated heterocycles. The van der Waals surface area contributed by atoms with E-state index in [0.29, 0.717) is 49.1 Å². The van der Waals surface area contributed by atoms with E-state index < -0.39 is 4.92 Å². The second-order valence-electron chi connectivity index (χ2n) is 9.52. The molecule has 2 amide bonds. The molecule has 2 N–H and O–H groups in total. The van der Waals surface area contributed by atoms with Gasteiger partial charge in [-0.25, -0.2) is 0 Å². The van der Waals surface area contributed by atoms with Crippen LogP contribution < -0.4 is 10.6 Å². The Kier molecular flexibility index (Phi) is 8.28. The monoisotopic (exact) mass is 574 g/mol. The summed E-state index contributed by atoms with van der Waals surface area (Å²) < 4.78 is 6.20. The van der Waals surface area contributed by atoms with Crippen LogP contribution >= 0.6 is 15.9 Å². The van der Waals surface area contributed by atoms with E-state index in [4.69, 9.17) is 4.74 Å². The predicted octanol–water partition coefficient (Wildman–Crippen LogP) is 3.76. The summed E-state index contributed by atoms with van der Waals surface area (Å²) in [6.45, 7) is 5.50. The highest BCUT2D eigenvalue weighted by molar-refractivity contribution is 9.10. The maximum atomic E-state index is 13.6. The van der Waals surface area contributed by atoms with Crippen LogP contribution in [-0.4, -0.2) is 83.0 Å². The largest absolute Gasteiger partial charge is 0.387 e. The summed E-state index contributed by atoms with van der Waals surface area (Å²) in [5.41, 5.74) is 1.40. The van der Waals surface area contributed by atoms with Crippen LogP contribution in [0, 0.1) is 10.1 Å². The highest BCUT2D eigenvalue weighted by Crippen LogP contribution is 2.35. The maximum Gasteiger partial charge on any atom is 0.294 e. The van der Waals surface area contributed by atoms with Gasteiger partial charge in [0.1, 0.15) is 5.69 Å². The highest BCUT2D eigenvalue weighted by atomic mass is 79.9. The molecule has 37 heavy (non-hydrogen) atoms. The lowest BCUT2D eigenvalue weighted by molar-refractivity contribution is -0.384. The molecular weight excluding hydrogens is 544 g/mol. The average molecular weight is 575 g/mol. The number of pyridine rings is 1. The number of amides is 2. The molecule has 2 aliphatic rings. The molecule has 2 aromatic rings. The minimum Gasteiger partial charge on any atom is -0.387 e. The number of piperidine rings is 1. The van der Waals surface area contributed by atoms with Crippen LogP contribution in [0.5, 0.6) is 0 Å². The third-order valence-corrected chi connectivity index (χ3v) is 7.01. The number of anilines is 2. The highest BCUT2D eigenvalue weighted by Gasteiger charge is 2.33. The molecule has 12 heteroatoms. The Morgan fingerprint density at radius 1 is 1.11 bits per heavy atom. The van der Waals surface area contributed by atoms with Gasteiger partial charge in [-0.1, -0.05) is 15.9 Å². The van der Waals surface area contributed by atoms with Gasteiger partial charge in [0.2, 0.25) is 0 Å². The molecule has 11 nitrogen and oxygen atoms in total. The number of ether oxygens (including phenoxy) is 1. The van der Waals surface area contributed by atoms with Gasteiger partial charge in [-0.05, 0) is 38.8 Å². The Balaban J connectivity index is 1.60. The second kappa shape index (κ2) is 11.4. The van der Waals surface area contributed by atoms with E-state index in [9.17, 15) is 19.7 Å². The molecule has 1 aromatic carbocycles. The van der Waals surface area contributed by atoms with Crippen LogP contribution in [0.1, 0.15) is 47.4 Å². The average Bonchev–Trinajstić information content (AvgIpc) is 2.88. The van der Waals surface area contributed by atoms with Crippen LogP contribution in [0.2, 0.25) is 0 Å². The zero-order valence-electron chi connectivity index (χ0n) is 21.1. The van der Waals surface area contributed by atoms with Crippen molar-refractivity contribution in [1.29, 1.82) is 0 Å². The number of nitro benzene ring substituents is 1. The number of carbonyl (C=O) groups is 2. The van der Waals surface area contributed by atoms with Gasteiger partial charge < -0.3 is 25.2 Å². The van der Waals surface area contributed by atoms with E-state index in [-0.39, 0.29) is 47.0 Å². The van der Waals surface area contributed by atoms with Gasteiger partial charge in [0.25, 0.3) is 17.5 Å². The lowest BCUT2D eigenvalue weighted by Crippen LogP contribution is -2.48. The van der Waals surface area contributed by atoms with E-state index in [1.165, 1.54) is 12.3 Å². The van der Waals surface area contributed by atoms with Crippen molar-refractivity contribution in [1.82, 2.24) is 14.8 Å². The lowest BCUT2D eigenvalue weighted by Gasteiger charge is -2.36. The van der Waals surface area contributed by atoms with E-state index in [0.717, 1.165) is 5.69 Å². The first-order valence-corrected chi connectivity index (χ1v) is 13.1. The van der Waals surface area contributed by atoms with Crippen molar-refractivity contribution in [2.24, 2.45) is 0 Å². The van der Waals surface area contributed by atoms with Gasteiger partial charge in [0, 0.05) is 62.2 Å². The first kappa shape index (κ1) is 26.8. The zero-order valence-corrected chi connectivity index (χ0v) is 22.7. The number of nitrogens with one attached hydrogen (secondary N) is 2. The number of likely N-dealkylation sites (tertiary alicyclic amines) is 1. The number of carbonyl (C=O) groups excluding carboxylic acids is 2. The molecule has 3 atom stereocenters. The van der Waals surface area contributed by atoms with Crippen LogP contribution in [0.3, 0.4) is 0 Å². The van der Waals surface area contributed by atoms with Crippen molar-refractivity contribution >= 4 is 44.8 Å². The molecule has 4 rings (SSSR count). The Labute approximate surface area is 223 Å². The molecule has 3 heterocycles. The van der Waals surface area contributed by atoms with Gasteiger partial charge in [-0.2, -0.15) is 0 Å². The maximum absolute atomic E-state index is 13.6. The Morgan fingerprint density at radius 2 is 1.84 bits per heavy atom. The second-order valence-corrected chi connectivity index (χ2v) is 10.4. The van der Waals surface area contributed by atoms with E-state index in [1.807, 2.05) is 13.8 Å². The summed E-state index contributed by atoms with van der Waals surface area (Å²) in [7, 11) is 1.76. The molecule has 0 bridgehead atoms. The minimum absolute atomic E-state index is 0.139. The summed E-state index contributed by atoms with van der Waals surface area (Å²) in [4.78, 5) is 45.8. The smallest absolute Gasteiger partial charge is 0.294 e. The van der Waals surface area contributed by atoms with Gasteiger partial charge >= 0.3 is 0 Å². The molecule has 0 radical (unpaired) electrons. The van der Waals surface area contributed by atoms with Crippen molar-refractivity contribution in [2.45, 2.75) is 44.9 Å². The number of nitro groups is 1. The summed E-state index contributed by atoms with van der Waals surface area (Å²) >= 11 is 3.33. The molecule has 2 aliphatic heterocycles. The number of aromatic nitrogens is 1. The molecule has 0 aliphatic carbocycles. The number of hydrogen-bond donors (Lipinski definition) is 2. The van der Waals surface area contributed by atoms with E-state index >= 15 is 0 Å². The van der Waals surface area contributed by atoms with Crippen LogP contribution in [0.4, 0.5) is 17.1 Å². The lowest BCUT2D eigenvalue weighted by atomic mass is 10.0. The Bertz CT molecular complexity index is 1180. The third kappa shape index (κ3) is 6.19. The summed E-state index contributed by atoms with van der Waals surface area (Å²) in [6.07, 6.45) is 4.30. The predicted molar refractivity (Wildman–Crippen MR) is 143 cm³/mol. The van der Waals surface area contributed by atoms with Crippen LogP contribution in [0.15, 0.2) is 35.1 Å². The van der Waals surface area contributed by atoms with Gasteiger partial charge in [-0.15, -0.1) is 0 Å². The Hall–Kier alpha value is -3.25. The van der Waals surface area contributed by atoms with E-state index in [2.05, 4.69) is 31.5 Å². The molecular formula is C25H31BrN6O5. The molecule has 0 unspecified atom stereocenters. The standard InChI is InChI=1S/C25H31BrN6O5/c1-15-12-31(13-16(2)37-15)25(34)21-8-18(26)9-22(32(35)36)23(21)29-19-5-4-6-30(14-19)24(33)17-7-20(27-3)11-28-10-17/h7-11,15-16,19,27,29H,4-6,12-14H2,1-3H3/t15-,16+,19-/m1/s1. The van der Waals surface area contributed by atoms with Crippen molar-refractivity contribution in [2.75, 3.05) is 43.9 Å². The van der Waals surface area contributed by atoms with Crippen molar-refractivity contribution in [3.8, 4) is 0 Å². The SMILES string of the molecule is CNc1cncc(C(=O)N2CCC[C@@H](Nc3c(C(=O)N4C[C@@H](C)O[C@@H](C)C4)cc(Br)cc3[N+](=O)[O-])C2)c1. The minimum atomic E-state index is -0.491. The third-order valence-electron chi connectivity index (χ3n) is 6.55. The fourth-order valence-electron chi connectivity index (χ4n) is 4.93. The van der Waals surface area contributed by atoms with Crippen molar-refractivity contribution in [3.05, 3.63) is 56.3 Å². The first-order chi connectivity index (χ1) is 17.7. The van der Waals surface area contributed by atoms with Gasteiger partial charge in [0.05, 0.1) is 33.9 Å². The zero-order chi connectivity index (χ0) is 26.7. The summed E-state index contributed by atoms with van der Waals surface area (Å²) in [6, 6.07) is 4.48. The first-order valence-electron chi connectivity index (χ1n) is 12.3. The number of nitrogens with zero attached hydrogens (tertiary/aromatic N) is 4. The fraction of sp³-hybridized carbons (Fsp3) is 0.480. The number of halogens is 1. The Morgan fingerprint density at radius 3 is 2.51 bits per heavy atom. The summed E-state index contributed by atoms with van der Waals surface area (Å²) in [5.74, 6) is -0.457. The topological polar surface area (TPSA) is 130 Å². The molecule has 2 fully saturated rings. The summed E-state index contributed by atoms with van der Waals surface area (Å²) in [5, 5.41) is 18.3. The molecule has 0 saturated carbocycles. The number of hydrogen-bond acceptors (Lipinski definition) is 8. The van der Waals surface area contributed by atoms with Gasteiger partial charge in [0.15, 0.2) is 0 Å². The fourth-order valence-corrected chi connectivity index (χ4v) is 5.38. The quantitative estimate of drug-likeness (QED) is 0.394. The molecule has 0 spiro atoms. The number of rotatable bonds is 6.